The zero-order valence-corrected chi connectivity index (χ0v) is 9.45. The van der Waals surface area contributed by atoms with E-state index in [0.717, 1.165) is 22.9 Å². The molecule has 3 heterocycles. The van der Waals surface area contributed by atoms with Gasteiger partial charge in [-0.1, -0.05) is 12.2 Å². The monoisotopic (exact) mass is 236 g/mol. The predicted octanol–water partition coefficient (Wildman–Crippen LogP) is 3.15. The van der Waals surface area contributed by atoms with E-state index < -0.39 is 0 Å². The van der Waals surface area contributed by atoms with Crippen molar-refractivity contribution in [1.29, 1.82) is 0 Å². The van der Waals surface area contributed by atoms with Crippen LogP contribution in [0.15, 0.2) is 23.0 Å². The maximum absolute atomic E-state index is 5.27. The minimum Gasteiger partial charge on any atom is -0.472 e. The van der Waals surface area contributed by atoms with E-state index in [1.54, 1.807) is 12.5 Å². The number of aromatic amines is 1. The highest BCUT2D eigenvalue weighted by molar-refractivity contribution is 7.98. The first-order chi connectivity index (χ1) is 7.34. The molecule has 1 aliphatic rings. The molecule has 0 aromatic carbocycles. The summed E-state index contributed by atoms with van der Waals surface area (Å²) in [4.78, 5) is 7.68. The third-order valence-corrected chi connectivity index (χ3v) is 3.72. The number of rotatable bonds is 1. The number of nitrogens with zero attached hydrogens (tertiary/aromatic N) is 1. The Bertz CT molecular complexity index is 545. The number of hydrogen-bond acceptors (Lipinski definition) is 4. The van der Waals surface area contributed by atoms with Crippen LogP contribution in [0.5, 0.6) is 0 Å². The minimum atomic E-state index is 0.713. The van der Waals surface area contributed by atoms with Gasteiger partial charge in [0, 0.05) is 22.8 Å². The Labute approximate surface area is 95.9 Å². The van der Waals surface area contributed by atoms with Crippen LogP contribution >= 0.6 is 24.0 Å². The average molecular weight is 236 g/mol. The van der Waals surface area contributed by atoms with Crippen LogP contribution in [0.3, 0.4) is 0 Å². The fourth-order valence-corrected chi connectivity index (χ4v) is 3.05. The van der Waals surface area contributed by atoms with Crippen LogP contribution in [0.25, 0.3) is 11.4 Å². The highest BCUT2D eigenvalue weighted by atomic mass is 32.2. The molecule has 0 spiro atoms. The van der Waals surface area contributed by atoms with Gasteiger partial charge in [0.25, 0.3) is 0 Å². The molecule has 0 atom stereocenters. The molecule has 3 rings (SSSR count). The molecule has 0 fully saturated rings. The van der Waals surface area contributed by atoms with Gasteiger partial charge in [0.05, 0.1) is 11.8 Å². The van der Waals surface area contributed by atoms with Gasteiger partial charge in [0.2, 0.25) is 0 Å². The molecule has 1 aliphatic heterocycles. The topological polar surface area (TPSA) is 41.8 Å². The zero-order valence-electron chi connectivity index (χ0n) is 7.82. The summed E-state index contributed by atoms with van der Waals surface area (Å²) in [7, 11) is 0. The SMILES string of the molecule is S=c1nc(-c2ccoc2)[nH]c2c1CSC2. The minimum absolute atomic E-state index is 0.713. The maximum Gasteiger partial charge on any atom is 0.142 e. The van der Waals surface area contributed by atoms with Gasteiger partial charge in [-0.15, -0.1) is 0 Å². The Morgan fingerprint density at radius 3 is 3.20 bits per heavy atom. The van der Waals surface area contributed by atoms with Gasteiger partial charge in [0.1, 0.15) is 16.7 Å². The maximum atomic E-state index is 5.27. The van der Waals surface area contributed by atoms with Gasteiger partial charge >= 0.3 is 0 Å². The second-order valence-corrected chi connectivity index (χ2v) is 4.72. The van der Waals surface area contributed by atoms with E-state index in [4.69, 9.17) is 16.6 Å². The molecule has 5 heteroatoms. The van der Waals surface area contributed by atoms with Gasteiger partial charge in [-0.3, -0.25) is 0 Å². The van der Waals surface area contributed by atoms with Crippen molar-refractivity contribution in [2.24, 2.45) is 0 Å². The van der Waals surface area contributed by atoms with Crippen molar-refractivity contribution in [1.82, 2.24) is 9.97 Å². The molecule has 2 aromatic heterocycles. The highest BCUT2D eigenvalue weighted by Crippen LogP contribution is 2.30. The van der Waals surface area contributed by atoms with Gasteiger partial charge in [-0.25, -0.2) is 4.98 Å². The van der Waals surface area contributed by atoms with Crippen molar-refractivity contribution in [2.75, 3.05) is 0 Å². The van der Waals surface area contributed by atoms with Crippen LogP contribution in [0, 0.1) is 4.64 Å². The Kier molecular flexibility index (Phi) is 2.14. The Balaban J connectivity index is 2.20. The lowest BCUT2D eigenvalue weighted by atomic mass is 10.2. The summed E-state index contributed by atoms with van der Waals surface area (Å²) >= 11 is 7.13. The van der Waals surface area contributed by atoms with Crippen molar-refractivity contribution in [3.05, 3.63) is 34.5 Å². The van der Waals surface area contributed by atoms with Gasteiger partial charge in [-0.05, 0) is 6.07 Å². The summed E-state index contributed by atoms with van der Waals surface area (Å²) in [5.41, 5.74) is 3.33. The molecule has 3 nitrogen and oxygen atoms in total. The molecule has 1 N–H and O–H groups in total. The molecule has 76 valence electrons. The number of H-pyrrole nitrogens is 1. The van der Waals surface area contributed by atoms with Crippen molar-refractivity contribution < 1.29 is 4.42 Å². The van der Waals surface area contributed by atoms with Crippen molar-refractivity contribution in [2.45, 2.75) is 11.5 Å². The first kappa shape index (κ1) is 9.18. The lowest BCUT2D eigenvalue weighted by Crippen LogP contribution is -1.96. The van der Waals surface area contributed by atoms with E-state index in [9.17, 15) is 0 Å². The number of aromatic nitrogens is 2. The van der Waals surface area contributed by atoms with E-state index in [1.807, 2.05) is 17.8 Å². The number of fused-ring (bicyclic) bond motifs is 1. The summed E-state index contributed by atoms with van der Waals surface area (Å²) in [5, 5.41) is 0. The van der Waals surface area contributed by atoms with Crippen LogP contribution < -0.4 is 0 Å². The lowest BCUT2D eigenvalue weighted by molar-refractivity contribution is 0.568. The molecule has 0 saturated carbocycles. The third kappa shape index (κ3) is 1.52. The molecule has 0 amide bonds. The van der Waals surface area contributed by atoms with E-state index >= 15 is 0 Å². The quantitative estimate of drug-likeness (QED) is 0.772. The van der Waals surface area contributed by atoms with Crippen molar-refractivity contribution in [3.63, 3.8) is 0 Å². The second kappa shape index (κ2) is 3.50. The van der Waals surface area contributed by atoms with Crippen molar-refractivity contribution in [3.8, 4) is 11.4 Å². The molecular weight excluding hydrogens is 228 g/mol. The van der Waals surface area contributed by atoms with Crippen molar-refractivity contribution >= 4 is 24.0 Å². The summed E-state index contributed by atoms with van der Waals surface area (Å²) < 4.78 is 5.74. The first-order valence-corrected chi connectivity index (χ1v) is 6.13. The van der Waals surface area contributed by atoms with Gasteiger partial charge < -0.3 is 9.40 Å². The number of furan rings is 1. The molecule has 0 bridgehead atoms. The molecule has 0 radical (unpaired) electrons. The van der Waals surface area contributed by atoms with E-state index in [0.29, 0.717) is 4.64 Å². The zero-order chi connectivity index (χ0) is 10.3. The van der Waals surface area contributed by atoms with E-state index in [1.165, 1.54) is 11.3 Å². The summed E-state index contributed by atoms with van der Waals surface area (Å²) in [6, 6.07) is 1.88. The smallest absolute Gasteiger partial charge is 0.142 e. The van der Waals surface area contributed by atoms with Crippen LogP contribution in [0.2, 0.25) is 0 Å². The number of nitrogens with one attached hydrogen (secondary N) is 1. The van der Waals surface area contributed by atoms with E-state index in [2.05, 4.69) is 9.97 Å². The van der Waals surface area contributed by atoms with E-state index in [-0.39, 0.29) is 0 Å². The molecule has 0 unspecified atom stereocenters. The predicted molar refractivity (Wildman–Crippen MR) is 62.1 cm³/mol. The Hall–Kier alpha value is -1.07. The average Bonchev–Trinajstić information content (AvgIpc) is 2.88. The first-order valence-electron chi connectivity index (χ1n) is 4.57. The molecule has 0 aliphatic carbocycles. The van der Waals surface area contributed by atoms with Gasteiger partial charge in [-0.2, -0.15) is 11.8 Å². The van der Waals surface area contributed by atoms with Crippen LogP contribution in [0.4, 0.5) is 0 Å². The normalized spacial score (nSPS) is 14.1. The molecular formula is C10H8N2OS2. The standard InChI is InChI=1S/C10H8N2OS2/c14-10-7-4-15-5-8(7)11-9(12-10)6-1-2-13-3-6/h1-3H,4-5H2,(H,11,12,14). The van der Waals surface area contributed by atoms with Gasteiger partial charge in [0.15, 0.2) is 0 Å². The highest BCUT2D eigenvalue weighted by Gasteiger charge is 2.15. The Morgan fingerprint density at radius 2 is 2.40 bits per heavy atom. The molecule has 0 saturated heterocycles. The summed E-state index contributed by atoms with van der Waals surface area (Å²) in [5.74, 6) is 2.77. The summed E-state index contributed by atoms with van der Waals surface area (Å²) in [6.45, 7) is 0. The fraction of sp³-hybridized carbons (Fsp3) is 0.200. The number of thioether (sulfide) groups is 1. The van der Waals surface area contributed by atoms with Crippen LogP contribution in [-0.2, 0) is 11.5 Å². The summed E-state index contributed by atoms with van der Waals surface area (Å²) in [6.07, 6.45) is 3.30. The van der Waals surface area contributed by atoms with Crippen LogP contribution in [0.1, 0.15) is 11.3 Å². The fourth-order valence-electron chi connectivity index (χ4n) is 1.61. The Morgan fingerprint density at radius 1 is 1.47 bits per heavy atom. The molecule has 15 heavy (non-hydrogen) atoms. The number of hydrogen-bond donors (Lipinski definition) is 1. The molecule has 2 aromatic rings. The van der Waals surface area contributed by atoms with Crippen LogP contribution in [-0.4, -0.2) is 9.97 Å². The lowest BCUT2D eigenvalue weighted by Gasteiger charge is -2.02. The largest absolute Gasteiger partial charge is 0.472 e. The third-order valence-electron chi connectivity index (χ3n) is 2.39. The second-order valence-electron chi connectivity index (χ2n) is 3.35.